The Morgan fingerprint density at radius 2 is 1.83 bits per heavy atom. The molecule has 1 atom stereocenters. The van der Waals surface area contributed by atoms with Crippen LogP contribution in [-0.4, -0.2) is 34.3 Å². The molecule has 0 saturated carbocycles. The molecule has 2 aromatic rings. The van der Waals surface area contributed by atoms with Crippen molar-refractivity contribution in [2.24, 2.45) is 4.36 Å². The third kappa shape index (κ3) is 5.08. The van der Waals surface area contributed by atoms with Crippen molar-refractivity contribution in [3.63, 3.8) is 0 Å². The second kappa shape index (κ2) is 9.12. The standard InChI is InChI=1S/C25H36N4O4S2Si/c1-24(2,3)36(6,7)29-35(33,23-26-14-19(34-23)25(4,5)32)28-22(31)27-21-17-10-8-9-15(17)13-16-11-12-18(30)20(16)21/h13-14,32H,8-12H2,1-7H3,(H2,27,28,29,31,33). The molecular formula is C25H36N4O4S2Si. The van der Waals surface area contributed by atoms with E-state index in [9.17, 15) is 18.9 Å². The van der Waals surface area contributed by atoms with E-state index in [1.807, 2.05) is 13.1 Å². The number of benzene rings is 1. The summed E-state index contributed by atoms with van der Waals surface area (Å²) < 4.78 is 22.0. The molecule has 1 unspecified atom stereocenters. The second-order valence-corrected chi connectivity index (χ2v) is 20.3. The smallest absolute Gasteiger partial charge is 0.354 e. The maximum absolute atomic E-state index is 14.4. The highest BCUT2D eigenvalue weighted by atomic mass is 32.2. The van der Waals surface area contributed by atoms with E-state index in [0.29, 0.717) is 29.0 Å². The van der Waals surface area contributed by atoms with Gasteiger partial charge in [0.15, 0.2) is 15.7 Å². The van der Waals surface area contributed by atoms with Gasteiger partial charge in [-0.2, -0.15) is 0 Å². The van der Waals surface area contributed by atoms with Gasteiger partial charge < -0.3 is 10.4 Å². The van der Waals surface area contributed by atoms with Crippen molar-refractivity contribution in [3.8, 4) is 0 Å². The van der Waals surface area contributed by atoms with Gasteiger partial charge in [0.05, 0.1) is 16.2 Å². The molecule has 8 nitrogen and oxygen atoms in total. The average molecular weight is 549 g/mol. The van der Waals surface area contributed by atoms with Gasteiger partial charge in [0, 0.05) is 18.2 Å². The van der Waals surface area contributed by atoms with Crippen LogP contribution in [0.4, 0.5) is 10.5 Å². The van der Waals surface area contributed by atoms with E-state index in [1.54, 1.807) is 13.8 Å². The SMILES string of the molecule is CC(C)(O)c1cnc(S(=O)(=NC(=O)Nc2c3c(cc4c2C(=O)CC4)CCC3)N[Si](C)(C)C(C)(C)C)s1. The molecule has 0 spiro atoms. The summed E-state index contributed by atoms with van der Waals surface area (Å²) in [6.45, 7) is 13.5. The first-order valence-electron chi connectivity index (χ1n) is 12.3. The van der Waals surface area contributed by atoms with Crippen molar-refractivity contribution in [1.29, 1.82) is 0 Å². The summed E-state index contributed by atoms with van der Waals surface area (Å²) in [7, 11) is -5.89. The van der Waals surface area contributed by atoms with Crippen molar-refractivity contribution in [1.82, 2.24) is 9.37 Å². The Kier molecular flexibility index (Phi) is 6.87. The number of urea groups is 1. The van der Waals surface area contributed by atoms with Crippen molar-refractivity contribution in [3.05, 3.63) is 39.4 Å². The number of aliphatic hydroxyl groups is 1. The summed E-state index contributed by atoms with van der Waals surface area (Å²) in [4.78, 5) is 30.9. The number of nitrogens with one attached hydrogen (secondary N) is 2. The molecule has 1 aromatic carbocycles. The maximum atomic E-state index is 14.4. The first-order valence-corrected chi connectivity index (χ1v) is 17.6. The number of carbonyl (C=O) groups excluding carboxylic acids is 2. The summed E-state index contributed by atoms with van der Waals surface area (Å²) in [6, 6.07) is 1.33. The fourth-order valence-corrected chi connectivity index (χ4v) is 11.3. The predicted octanol–water partition coefficient (Wildman–Crippen LogP) is 5.56. The molecule has 0 saturated heterocycles. The Balaban J connectivity index is 1.79. The molecule has 3 N–H and O–H groups in total. The van der Waals surface area contributed by atoms with Gasteiger partial charge in [-0.15, -0.1) is 15.7 Å². The normalized spacial score (nSPS) is 17.5. The number of ketones is 1. The number of amides is 2. The molecule has 4 rings (SSSR count). The lowest BCUT2D eigenvalue weighted by Crippen LogP contribution is -2.54. The molecule has 2 aliphatic rings. The van der Waals surface area contributed by atoms with E-state index in [1.165, 1.54) is 6.20 Å². The van der Waals surface area contributed by atoms with E-state index in [2.05, 4.69) is 45.9 Å². The van der Waals surface area contributed by atoms with E-state index in [-0.39, 0.29) is 15.2 Å². The molecule has 36 heavy (non-hydrogen) atoms. The lowest BCUT2D eigenvalue weighted by Gasteiger charge is -2.37. The second-order valence-electron chi connectivity index (χ2n) is 11.8. The number of nitrogens with zero attached hydrogens (tertiary/aromatic N) is 2. The molecule has 11 heteroatoms. The number of aromatic nitrogens is 1. The number of carbonyl (C=O) groups is 2. The molecule has 1 aromatic heterocycles. The minimum Gasteiger partial charge on any atom is -0.385 e. The number of rotatable bonds is 5. The van der Waals surface area contributed by atoms with Crippen LogP contribution in [0.3, 0.4) is 0 Å². The molecule has 0 aliphatic heterocycles. The number of anilines is 1. The largest absolute Gasteiger partial charge is 0.385 e. The lowest BCUT2D eigenvalue weighted by molar-refractivity contribution is 0.0823. The molecular weight excluding hydrogens is 513 g/mol. The first kappa shape index (κ1) is 27.1. The molecule has 2 aliphatic carbocycles. The molecule has 2 amide bonds. The Labute approximate surface area is 218 Å². The van der Waals surface area contributed by atoms with E-state index < -0.39 is 29.8 Å². The third-order valence-corrected chi connectivity index (χ3v) is 17.4. The Bertz CT molecular complexity index is 1360. The lowest BCUT2D eigenvalue weighted by atomic mass is 9.98. The van der Waals surface area contributed by atoms with Gasteiger partial charge in [-0.3, -0.25) is 4.79 Å². The minimum absolute atomic E-state index is 0.0184. The topological polar surface area (TPSA) is 121 Å². The van der Waals surface area contributed by atoms with Crippen molar-refractivity contribution in [2.45, 2.75) is 94.8 Å². The molecule has 0 radical (unpaired) electrons. The van der Waals surface area contributed by atoms with Crippen molar-refractivity contribution >= 4 is 47.0 Å². The van der Waals surface area contributed by atoms with Crippen LogP contribution in [0.2, 0.25) is 18.1 Å². The fourth-order valence-electron chi connectivity index (χ4n) is 4.35. The third-order valence-electron chi connectivity index (χ3n) is 7.42. The summed E-state index contributed by atoms with van der Waals surface area (Å²) in [5.41, 5.74) is 3.04. The number of fused-ring (bicyclic) bond motifs is 2. The van der Waals surface area contributed by atoms with Crippen LogP contribution in [0, 0.1) is 0 Å². The zero-order valence-corrected chi connectivity index (χ0v) is 24.7. The molecule has 0 fully saturated rings. The van der Waals surface area contributed by atoms with Gasteiger partial charge in [0.25, 0.3) is 0 Å². The van der Waals surface area contributed by atoms with Crippen molar-refractivity contribution in [2.75, 3.05) is 5.32 Å². The van der Waals surface area contributed by atoms with Crippen LogP contribution in [0.1, 0.15) is 79.4 Å². The summed E-state index contributed by atoms with van der Waals surface area (Å²) in [6.07, 6.45) is 5.25. The quantitative estimate of drug-likeness (QED) is 0.423. The number of hydrogen-bond acceptors (Lipinski definition) is 6. The van der Waals surface area contributed by atoms with Gasteiger partial charge in [0.1, 0.15) is 8.24 Å². The Morgan fingerprint density at radius 1 is 1.14 bits per heavy atom. The molecule has 0 bridgehead atoms. The Morgan fingerprint density at radius 3 is 2.44 bits per heavy atom. The van der Waals surface area contributed by atoms with Crippen LogP contribution in [0.5, 0.6) is 0 Å². The zero-order valence-electron chi connectivity index (χ0n) is 22.1. The van der Waals surface area contributed by atoms with Crippen LogP contribution in [-0.2, 0) is 34.8 Å². The number of hydrogen-bond donors (Lipinski definition) is 3. The predicted molar refractivity (Wildman–Crippen MR) is 147 cm³/mol. The monoisotopic (exact) mass is 548 g/mol. The maximum Gasteiger partial charge on any atom is 0.354 e. The fraction of sp³-hybridized carbons (Fsp3) is 0.560. The summed E-state index contributed by atoms with van der Waals surface area (Å²) in [5, 5.41) is 13.1. The minimum atomic E-state index is -3.47. The summed E-state index contributed by atoms with van der Waals surface area (Å²) in [5.74, 6) is 0.0184. The van der Waals surface area contributed by atoms with Crippen LogP contribution >= 0.6 is 11.3 Å². The number of Topliss-reactive ketones (excluding diaryl/α,β-unsaturated/α-hetero) is 1. The number of aryl methyl sites for hydroxylation is 2. The van der Waals surface area contributed by atoms with E-state index in [4.69, 9.17) is 0 Å². The molecule has 196 valence electrons. The van der Waals surface area contributed by atoms with Crippen LogP contribution in [0.25, 0.3) is 0 Å². The van der Waals surface area contributed by atoms with E-state index in [0.717, 1.165) is 47.3 Å². The zero-order chi connectivity index (χ0) is 26.7. The van der Waals surface area contributed by atoms with Gasteiger partial charge in [0.2, 0.25) is 4.34 Å². The first-order chi connectivity index (χ1) is 16.5. The number of thiazole rings is 1. The van der Waals surface area contributed by atoms with E-state index >= 15 is 0 Å². The van der Waals surface area contributed by atoms with Crippen LogP contribution in [0.15, 0.2) is 21.0 Å². The van der Waals surface area contributed by atoms with Gasteiger partial charge in [-0.1, -0.05) is 39.9 Å². The summed E-state index contributed by atoms with van der Waals surface area (Å²) >= 11 is 1.08. The highest BCUT2D eigenvalue weighted by molar-refractivity contribution is 7.95. The average Bonchev–Trinajstić information content (AvgIpc) is 3.46. The Hall–Kier alpha value is -1.92. The van der Waals surface area contributed by atoms with Gasteiger partial charge in [-0.25, -0.2) is 18.4 Å². The highest BCUT2D eigenvalue weighted by Crippen LogP contribution is 2.39. The van der Waals surface area contributed by atoms with Crippen molar-refractivity contribution < 1.29 is 18.9 Å². The highest BCUT2D eigenvalue weighted by Gasteiger charge is 2.40. The van der Waals surface area contributed by atoms with Crippen LogP contribution < -0.4 is 9.70 Å². The molecule has 1 heterocycles. The van der Waals surface area contributed by atoms with Gasteiger partial charge >= 0.3 is 6.03 Å². The van der Waals surface area contributed by atoms with Gasteiger partial charge in [-0.05, 0) is 61.3 Å².